The maximum atomic E-state index is 12.3. The topological polar surface area (TPSA) is 63.7 Å². The number of thiophene rings is 1. The summed E-state index contributed by atoms with van der Waals surface area (Å²) in [6, 6.07) is 0. The van der Waals surface area contributed by atoms with E-state index in [2.05, 4.69) is 0 Å². The van der Waals surface area contributed by atoms with Crippen molar-refractivity contribution in [1.29, 1.82) is 0 Å². The van der Waals surface area contributed by atoms with Gasteiger partial charge in [-0.3, -0.25) is 9.59 Å². The fourth-order valence-corrected chi connectivity index (χ4v) is 4.11. The summed E-state index contributed by atoms with van der Waals surface area (Å²) in [6.07, 6.45) is 6.22. The normalized spacial score (nSPS) is 16.5. The van der Waals surface area contributed by atoms with E-state index >= 15 is 0 Å². The summed E-state index contributed by atoms with van der Waals surface area (Å²) < 4.78 is 5.12. The van der Waals surface area contributed by atoms with E-state index in [1.807, 2.05) is 0 Å². The molecule has 0 N–H and O–H groups in total. The Morgan fingerprint density at radius 2 is 1.86 bits per heavy atom. The Bertz CT molecular complexity index is 641. The first kappa shape index (κ1) is 16.4. The molecule has 2 heterocycles. The molecular formula is C16H19NO4S. The molecule has 0 saturated heterocycles. The van der Waals surface area contributed by atoms with Gasteiger partial charge in [0.2, 0.25) is 0 Å². The smallest absolute Gasteiger partial charge is 0.341 e. The van der Waals surface area contributed by atoms with Crippen LogP contribution in [0.5, 0.6) is 0 Å². The molecule has 22 heavy (non-hydrogen) atoms. The molecule has 0 unspecified atom stereocenters. The molecule has 0 aromatic carbocycles. The second kappa shape index (κ2) is 6.44. The minimum absolute atomic E-state index is 0. The minimum Gasteiger partial charge on any atom is -0.462 e. The summed E-state index contributed by atoms with van der Waals surface area (Å²) >= 11 is 1.36. The fourth-order valence-electron chi connectivity index (χ4n) is 2.72. The molecule has 6 heteroatoms. The quantitative estimate of drug-likeness (QED) is 0.634. The Balaban J connectivity index is 0.00000176. The van der Waals surface area contributed by atoms with Crippen LogP contribution in [0.1, 0.15) is 48.0 Å². The van der Waals surface area contributed by atoms with Crippen molar-refractivity contribution in [3.8, 4) is 0 Å². The van der Waals surface area contributed by atoms with Gasteiger partial charge in [0.05, 0.1) is 12.2 Å². The monoisotopic (exact) mass is 321 g/mol. The highest BCUT2D eigenvalue weighted by Crippen LogP contribution is 2.41. The van der Waals surface area contributed by atoms with Crippen LogP contribution in [0.25, 0.3) is 0 Å². The van der Waals surface area contributed by atoms with E-state index in [1.54, 1.807) is 6.92 Å². The number of carbonyl (C=O) groups excluding carboxylic acids is 3. The van der Waals surface area contributed by atoms with E-state index in [9.17, 15) is 14.4 Å². The molecule has 1 aliphatic heterocycles. The maximum absolute atomic E-state index is 12.3. The molecule has 2 aliphatic rings. The van der Waals surface area contributed by atoms with Crippen molar-refractivity contribution < 1.29 is 19.1 Å². The summed E-state index contributed by atoms with van der Waals surface area (Å²) in [6.45, 7) is 2.01. The third-order valence-corrected chi connectivity index (χ3v) is 4.92. The third-order valence-electron chi connectivity index (χ3n) is 3.64. The predicted octanol–water partition coefficient (Wildman–Crippen LogP) is 2.87. The highest BCUT2D eigenvalue weighted by Gasteiger charge is 2.35. The molecule has 5 nitrogen and oxygen atoms in total. The summed E-state index contributed by atoms with van der Waals surface area (Å²) in [7, 11) is 0. The van der Waals surface area contributed by atoms with Crippen molar-refractivity contribution in [3.05, 3.63) is 28.2 Å². The number of aryl methyl sites for hydroxylation is 1. The lowest BCUT2D eigenvalue weighted by molar-refractivity contribution is -0.119. The lowest BCUT2D eigenvalue weighted by atomic mass is 9.95. The van der Waals surface area contributed by atoms with Gasteiger partial charge in [-0.2, -0.15) is 0 Å². The van der Waals surface area contributed by atoms with Crippen LogP contribution >= 0.6 is 11.3 Å². The Morgan fingerprint density at radius 1 is 1.23 bits per heavy atom. The summed E-state index contributed by atoms with van der Waals surface area (Å²) in [5.74, 6) is -1.24. The van der Waals surface area contributed by atoms with E-state index in [0.717, 1.165) is 41.0 Å². The predicted molar refractivity (Wildman–Crippen MR) is 85.3 cm³/mol. The van der Waals surface area contributed by atoms with Crippen molar-refractivity contribution in [1.82, 2.24) is 0 Å². The second-order valence-electron chi connectivity index (χ2n) is 4.96. The molecule has 2 amide bonds. The molecule has 1 aromatic rings. The van der Waals surface area contributed by atoms with Gasteiger partial charge in [-0.25, -0.2) is 9.69 Å². The number of imide groups is 1. The van der Waals surface area contributed by atoms with E-state index in [4.69, 9.17) is 4.74 Å². The number of rotatable bonds is 3. The van der Waals surface area contributed by atoms with Crippen LogP contribution < -0.4 is 4.90 Å². The van der Waals surface area contributed by atoms with E-state index in [0.29, 0.717) is 10.6 Å². The molecule has 3 rings (SSSR count). The van der Waals surface area contributed by atoms with E-state index in [1.165, 1.54) is 23.5 Å². The van der Waals surface area contributed by atoms with Gasteiger partial charge in [0, 0.05) is 17.0 Å². The van der Waals surface area contributed by atoms with Crippen molar-refractivity contribution in [2.75, 3.05) is 11.5 Å². The van der Waals surface area contributed by atoms with Gasteiger partial charge in [0.15, 0.2) is 0 Å². The molecule has 1 aromatic heterocycles. The standard InChI is InChI=1S/C15H15NO4S.CH4/c1-2-20-15(19)13-9-5-3-4-6-10(9)21-14(13)16-11(17)7-8-12(16)18;/h7-8H,2-6H2,1H3;1H4. The van der Waals surface area contributed by atoms with Crippen molar-refractivity contribution in [3.63, 3.8) is 0 Å². The van der Waals surface area contributed by atoms with Gasteiger partial charge in [-0.05, 0) is 38.2 Å². The fraction of sp³-hybridized carbons (Fsp3) is 0.438. The second-order valence-corrected chi connectivity index (χ2v) is 6.04. The number of nitrogens with zero attached hydrogens (tertiary/aromatic N) is 1. The zero-order valence-electron chi connectivity index (χ0n) is 11.7. The molecule has 0 saturated carbocycles. The zero-order valence-corrected chi connectivity index (χ0v) is 12.5. The van der Waals surface area contributed by atoms with Crippen LogP contribution in [0.4, 0.5) is 5.00 Å². The largest absolute Gasteiger partial charge is 0.462 e. The molecule has 0 atom stereocenters. The molecule has 0 fully saturated rings. The minimum atomic E-state index is -0.445. The van der Waals surface area contributed by atoms with Crippen molar-refractivity contribution >= 4 is 34.1 Å². The number of esters is 1. The van der Waals surface area contributed by atoms with Gasteiger partial charge >= 0.3 is 5.97 Å². The third kappa shape index (κ3) is 2.59. The number of hydrogen-bond acceptors (Lipinski definition) is 5. The first-order valence-electron chi connectivity index (χ1n) is 7.01. The Kier molecular flexibility index (Phi) is 4.81. The highest BCUT2D eigenvalue weighted by atomic mass is 32.1. The van der Waals surface area contributed by atoms with Gasteiger partial charge in [0.1, 0.15) is 5.00 Å². The molecule has 0 spiro atoms. The van der Waals surface area contributed by atoms with Crippen molar-refractivity contribution in [2.24, 2.45) is 0 Å². The molecule has 118 valence electrons. The number of fused-ring (bicyclic) bond motifs is 1. The Morgan fingerprint density at radius 3 is 2.50 bits per heavy atom. The summed E-state index contributed by atoms with van der Waals surface area (Å²) in [5, 5.41) is 0.417. The maximum Gasteiger partial charge on any atom is 0.341 e. The Hall–Kier alpha value is -1.95. The summed E-state index contributed by atoms with van der Waals surface area (Å²) in [4.78, 5) is 38.3. The average Bonchev–Trinajstić information content (AvgIpc) is 2.99. The van der Waals surface area contributed by atoms with Crippen molar-refractivity contribution in [2.45, 2.75) is 40.0 Å². The number of ether oxygens (including phenoxy) is 1. The van der Waals surface area contributed by atoms with Crippen LogP contribution in [0.3, 0.4) is 0 Å². The van der Waals surface area contributed by atoms with Gasteiger partial charge < -0.3 is 4.74 Å². The summed E-state index contributed by atoms with van der Waals surface area (Å²) in [5.41, 5.74) is 1.36. The van der Waals surface area contributed by atoms with Crippen LogP contribution in [-0.4, -0.2) is 24.4 Å². The molecule has 0 bridgehead atoms. The van der Waals surface area contributed by atoms with Crippen LogP contribution in [-0.2, 0) is 27.2 Å². The van der Waals surface area contributed by atoms with Crippen LogP contribution in [0, 0.1) is 0 Å². The number of hydrogen-bond donors (Lipinski definition) is 0. The van der Waals surface area contributed by atoms with Crippen LogP contribution in [0.2, 0.25) is 0 Å². The SMILES string of the molecule is C.CCOC(=O)c1c(N2C(=O)C=CC2=O)sc2c1CCCC2. The lowest BCUT2D eigenvalue weighted by Crippen LogP contribution is -2.30. The molecule has 1 aliphatic carbocycles. The number of carbonyl (C=O) groups is 3. The Labute approximate surface area is 133 Å². The first-order chi connectivity index (χ1) is 10.1. The van der Waals surface area contributed by atoms with Gasteiger partial charge in [-0.15, -0.1) is 11.3 Å². The first-order valence-corrected chi connectivity index (χ1v) is 7.83. The lowest BCUT2D eigenvalue weighted by Gasteiger charge is -2.15. The zero-order chi connectivity index (χ0) is 15.0. The van der Waals surface area contributed by atoms with Gasteiger partial charge in [-0.1, -0.05) is 7.43 Å². The van der Waals surface area contributed by atoms with Crippen LogP contribution in [0.15, 0.2) is 12.2 Å². The molecule has 0 radical (unpaired) electrons. The average molecular weight is 321 g/mol. The van der Waals surface area contributed by atoms with E-state index in [-0.39, 0.29) is 14.0 Å². The van der Waals surface area contributed by atoms with E-state index < -0.39 is 17.8 Å². The van der Waals surface area contributed by atoms with Gasteiger partial charge in [0.25, 0.3) is 11.8 Å². The highest BCUT2D eigenvalue weighted by molar-refractivity contribution is 7.17. The number of anilines is 1. The molecular weight excluding hydrogens is 302 g/mol. The number of amides is 2.